The van der Waals surface area contributed by atoms with Crippen LogP contribution in [-0.4, -0.2) is 36.3 Å². The molecule has 1 aromatic heterocycles. The molecule has 1 unspecified atom stereocenters. The topological polar surface area (TPSA) is 56.3 Å². The number of hydrogen-bond acceptors (Lipinski definition) is 5. The summed E-state index contributed by atoms with van der Waals surface area (Å²) in [6, 6.07) is 1.89. The van der Waals surface area contributed by atoms with E-state index in [2.05, 4.69) is 29.1 Å². The van der Waals surface area contributed by atoms with Gasteiger partial charge in [0.15, 0.2) is 0 Å². The number of anilines is 1. The van der Waals surface area contributed by atoms with Gasteiger partial charge in [0.1, 0.15) is 11.6 Å². The molecule has 1 aromatic rings. The Labute approximate surface area is 121 Å². The van der Waals surface area contributed by atoms with Gasteiger partial charge in [-0.1, -0.05) is 13.8 Å². The smallest absolute Gasteiger partial charge is 0.218 e. The van der Waals surface area contributed by atoms with Crippen LogP contribution in [0, 0.1) is 5.92 Å². The van der Waals surface area contributed by atoms with Crippen molar-refractivity contribution in [3.05, 3.63) is 11.9 Å². The third-order valence-electron chi connectivity index (χ3n) is 3.27. The van der Waals surface area contributed by atoms with Gasteiger partial charge in [-0.15, -0.1) is 0 Å². The van der Waals surface area contributed by atoms with Crippen LogP contribution in [0.15, 0.2) is 6.07 Å². The van der Waals surface area contributed by atoms with Crippen LogP contribution in [0.5, 0.6) is 5.88 Å². The zero-order valence-electron chi connectivity index (χ0n) is 12.5. The first kappa shape index (κ1) is 15.0. The fourth-order valence-electron chi connectivity index (χ4n) is 2.14. The van der Waals surface area contributed by atoms with Crippen molar-refractivity contribution in [2.75, 3.05) is 31.7 Å². The summed E-state index contributed by atoms with van der Waals surface area (Å²) in [4.78, 5) is 8.99. The molecule has 2 rings (SSSR count). The van der Waals surface area contributed by atoms with Gasteiger partial charge in [0, 0.05) is 31.6 Å². The summed E-state index contributed by atoms with van der Waals surface area (Å²) in [6.45, 7) is 7.51. The molecule has 1 atom stereocenters. The second kappa shape index (κ2) is 8.04. The molecular weight excluding hydrogens is 254 g/mol. The first-order valence-corrected chi connectivity index (χ1v) is 7.64. The molecule has 5 nitrogen and oxygen atoms in total. The number of hydrogen-bond donors (Lipinski definition) is 1. The quantitative estimate of drug-likeness (QED) is 0.793. The predicted octanol–water partition coefficient (Wildman–Crippen LogP) is 2.67. The minimum atomic E-state index is 0.492. The molecule has 0 saturated carbocycles. The van der Waals surface area contributed by atoms with Crippen LogP contribution in [0.3, 0.4) is 0 Å². The van der Waals surface area contributed by atoms with E-state index in [4.69, 9.17) is 9.47 Å². The van der Waals surface area contributed by atoms with Crippen LogP contribution in [-0.2, 0) is 11.2 Å². The summed E-state index contributed by atoms with van der Waals surface area (Å²) in [5, 5.41) is 3.31. The lowest BCUT2D eigenvalue weighted by Crippen LogP contribution is -2.13. The van der Waals surface area contributed by atoms with E-state index in [1.807, 2.05) is 6.07 Å². The second-order valence-corrected chi connectivity index (χ2v) is 5.23. The van der Waals surface area contributed by atoms with Gasteiger partial charge in [0.05, 0.1) is 13.2 Å². The Balaban J connectivity index is 1.98. The van der Waals surface area contributed by atoms with Crippen molar-refractivity contribution in [2.45, 2.75) is 39.5 Å². The first-order chi connectivity index (χ1) is 9.81. The van der Waals surface area contributed by atoms with E-state index in [9.17, 15) is 0 Å². The predicted molar refractivity (Wildman–Crippen MR) is 79.2 cm³/mol. The monoisotopic (exact) mass is 279 g/mol. The molecule has 0 bridgehead atoms. The van der Waals surface area contributed by atoms with Gasteiger partial charge in [-0.25, -0.2) is 4.98 Å². The van der Waals surface area contributed by atoms with Crippen molar-refractivity contribution in [3.63, 3.8) is 0 Å². The lowest BCUT2D eigenvalue weighted by molar-refractivity contribution is 0.165. The number of aryl methyl sites for hydroxylation is 1. The molecular formula is C15H25N3O2. The Morgan fingerprint density at radius 3 is 2.95 bits per heavy atom. The zero-order chi connectivity index (χ0) is 14.2. The van der Waals surface area contributed by atoms with Crippen molar-refractivity contribution in [1.82, 2.24) is 9.97 Å². The van der Waals surface area contributed by atoms with E-state index >= 15 is 0 Å². The van der Waals surface area contributed by atoms with Gasteiger partial charge in [0.25, 0.3) is 0 Å². The molecule has 1 N–H and O–H groups in total. The molecule has 20 heavy (non-hydrogen) atoms. The second-order valence-electron chi connectivity index (χ2n) is 5.23. The largest absolute Gasteiger partial charge is 0.477 e. The molecule has 0 amide bonds. The van der Waals surface area contributed by atoms with Crippen LogP contribution in [0.25, 0.3) is 0 Å². The Bertz CT molecular complexity index is 406. The SMILES string of the molecule is CCCNc1cc(OCC2CCOC2)nc(CCC)n1. The summed E-state index contributed by atoms with van der Waals surface area (Å²) in [6.07, 6.45) is 4.06. The minimum Gasteiger partial charge on any atom is -0.477 e. The minimum absolute atomic E-state index is 0.492. The van der Waals surface area contributed by atoms with Crippen LogP contribution >= 0.6 is 0 Å². The molecule has 1 saturated heterocycles. The maximum absolute atomic E-state index is 5.83. The summed E-state index contributed by atoms with van der Waals surface area (Å²) >= 11 is 0. The lowest BCUT2D eigenvalue weighted by atomic mass is 10.1. The molecule has 5 heteroatoms. The average molecular weight is 279 g/mol. The van der Waals surface area contributed by atoms with E-state index in [1.165, 1.54) is 0 Å². The fraction of sp³-hybridized carbons (Fsp3) is 0.733. The average Bonchev–Trinajstić information content (AvgIpc) is 2.96. The maximum atomic E-state index is 5.83. The highest BCUT2D eigenvalue weighted by atomic mass is 16.5. The Morgan fingerprint density at radius 1 is 1.35 bits per heavy atom. The van der Waals surface area contributed by atoms with Gasteiger partial charge >= 0.3 is 0 Å². The fourth-order valence-corrected chi connectivity index (χ4v) is 2.14. The van der Waals surface area contributed by atoms with Crippen molar-refractivity contribution in [1.29, 1.82) is 0 Å². The van der Waals surface area contributed by atoms with Crippen molar-refractivity contribution in [3.8, 4) is 5.88 Å². The van der Waals surface area contributed by atoms with E-state index < -0.39 is 0 Å². The van der Waals surface area contributed by atoms with Gasteiger partial charge in [0.2, 0.25) is 5.88 Å². The Hall–Kier alpha value is -1.36. The Kier molecular flexibility index (Phi) is 6.05. The van der Waals surface area contributed by atoms with Gasteiger partial charge in [-0.05, 0) is 19.3 Å². The Morgan fingerprint density at radius 2 is 2.25 bits per heavy atom. The van der Waals surface area contributed by atoms with E-state index in [0.29, 0.717) is 18.4 Å². The van der Waals surface area contributed by atoms with E-state index in [1.54, 1.807) is 0 Å². The van der Waals surface area contributed by atoms with Crippen molar-refractivity contribution < 1.29 is 9.47 Å². The summed E-state index contributed by atoms with van der Waals surface area (Å²) < 4.78 is 11.2. The standard InChI is InChI=1S/C15H25N3O2/c1-3-5-13-17-14(16-7-4-2)9-15(18-13)20-11-12-6-8-19-10-12/h9,12H,3-8,10-11H2,1-2H3,(H,16,17,18). The molecule has 0 aromatic carbocycles. The molecule has 0 spiro atoms. The summed E-state index contributed by atoms with van der Waals surface area (Å²) in [5.74, 6) is 2.88. The highest BCUT2D eigenvalue weighted by molar-refractivity contribution is 5.38. The molecule has 1 aliphatic rings. The number of nitrogens with one attached hydrogen (secondary N) is 1. The van der Waals surface area contributed by atoms with Crippen LogP contribution < -0.4 is 10.1 Å². The molecule has 0 aliphatic carbocycles. The number of aromatic nitrogens is 2. The zero-order valence-corrected chi connectivity index (χ0v) is 12.5. The summed E-state index contributed by atoms with van der Waals surface area (Å²) in [7, 11) is 0. The van der Waals surface area contributed by atoms with Crippen LogP contribution in [0.2, 0.25) is 0 Å². The number of ether oxygens (including phenoxy) is 2. The van der Waals surface area contributed by atoms with Crippen molar-refractivity contribution in [2.24, 2.45) is 5.92 Å². The van der Waals surface area contributed by atoms with Gasteiger partial charge in [-0.2, -0.15) is 4.98 Å². The highest BCUT2D eigenvalue weighted by Crippen LogP contribution is 2.18. The molecule has 1 aliphatic heterocycles. The summed E-state index contributed by atoms with van der Waals surface area (Å²) in [5.41, 5.74) is 0. The van der Waals surface area contributed by atoms with E-state index in [-0.39, 0.29) is 0 Å². The van der Waals surface area contributed by atoms with Crippen LogP contribution in [0.4, 0.5) is 5.82 Å². The third kappa shape index (κ3) is 4.63. The van der Waals surface area contributed by atoms with Gasteiger partial charge in [-0.3, -0.25) is 0 Å². The highest BCUT2D eigenvalue weighted by Gasteiger charge is 2.16. The number of rotatable bonds is 8. The molecule has 1 fully saturated rings. The third-order valence-corrected chi connectivity index (χ3v) is 3.27. The normalized spacial score (nSPS) is 18.2. The van der Waals surface area contributed by atoms with Crippen molar-refractivity contribution >= 4 is 5.82 Å². The molecule has 112 valence electrons. The molecule has 0 radical (unpaired) electrons. The number of nitrogens with zero attached hydrogens (tertiary/aromatic N) is 2. The first-order valence-electron chi connectivity index (χ1n) is 7.64. The lowest BCUT2D eigenvalue weighted by Gasteiger charge is -2.12. The van der Waals surface area contributed by atoms with Gasteiger partial charge < -0.3 is 14.8 Å². The van der Waals surface area contributed by atoms with Crippen LogP contribution in [0.1, 0.15) is 38.9 Å². The maximum Gasteiger partial charge on any atom is 0.218 e. The molecule has 2 heterocycles. The van der Waals surface area contributed by atoms with E-state index in [0.717, 1.165) is 57.1 Å².